The summed E-state index contributed by atoms with van der Waals surface area (Å²) >= 11 is 0. The third-order valence-corrected chi connectivity index (χ3v) is 4.06. The first-order chi connectivity index (χ1) is 9.81. The van der Waals surface area contributed by atoms with E-state index < -0.39 is 34.4 Å². The molecule has 0 aliphatic carbocycles. The van der Waals surface area contributed by atoms with Gasteiger partial charge in [-0.15, -0.1) is 0 Å². The standard InChI is InChI=1S/C12H15NO7S/c1-19-9-5-3-4-6-10(9)21(17,18)13-8(12(15)16)7-11(14)20-2/h3-6,8,13H,7H2,1-2H3,(H,15,16)/t8-/m0/s1. The summed E-state index contributed by atoms with van der Waals surface area (Å²) in [4.78, 5) is 22.0. The van der Waals surface area contributed by atoms with Crippen molar-refractivity contribution in [2.75, 3.05) is 14.2 Å². The number of methoxy groups -OCH3 is 2. The molecule has 1 atom stereocenters. The molecular formula is C12H15NO7S. The summed E-state index contributed by atoms with van der Waals surface area (Å²) in [5.41, 5.74) is 0. The molecule has 1 rings (SSSR count). The third-order valence-electron chi connectivity index (χ3n) is 2.55. The third kappa shape index (κ3) is 4.43. The first kappa shape index (κ1) is 16.9. The minimum atomic E-state index is -4.16. The lowest BCUT2D eigenvalue weighted by molar-refractivity contribution is -0.147. The quantitative estimate of drug-likeness (QED) is 0.679. The fourth-order valence-electron chi connectivity index (χ4n) is 1.52. The maximum Gasteiger partial charge on any atom is 0.322 e. The maximum atomic E-state index is 12.2. The number of carboxylic acids is 1. The van der Waals surface area contributed by atoms with Crippen LogP contribution in [0.15, 0.2) is 29.2 Å². The fourth-order valence-corrected chi connectivity index (χ4v) is 2.88. The zero-order valence-electron chi connectivity index (χ0n) is 11.4. The molecule has 0 saturated carbocycles. The van der Waals surface area contributed by atoms with Crippen LogP contribution in [0, 0.1) is 0 Å². The van der Waals surface area contributed by atoms with Gasteiger partial charge in [-0.05, 0) is 12.1 Å². The lowest BCUT2D eigenvalue weighted by atomic mass is 10.2. The lowest BCUT2D eigenvalue weighted by Gasteiger charge is -2.15. The van der Waals surface area contributed by atoms with Crippen LogP contribution in [-0.2, 0) is 24.3 Å². The molecule has 8 nitrogen and oxygen atoms in total. The van der Waals surface area contributed by atoms with E-state index in [9.17, 15) is 18.0 Å². The van der Waals surface area contributed by atoms with Gasteiger partial charge in [0.1, 0.15) is 16.7 Å². The van der Waals surface area contributed by atoms with Crippen molar-refractivity contribution in [2.24, 2.45) is 0 Å². The summed E-state index contributed by atoms with van der Waals surface area (Å²) in [6.07, 6.45) is -0.625. The molecule has 0 aliphatic rings. The van der Waals surface area contributed by atoms with Gasteiger partial charge < -0.3 is 14.6 Å². The van der Waals surface area contributed by atoms with Crippen molar-refractivity contribution in [1.29, 1.82) is 0 Å². The molecule has 0 aliphatic heterocycles. The van der Waals surface area contributed by atoms with Gasteiger partial charge in [0, 0.05) is 0 Å². The Morgan fingerprint density at radius 2 is 1.90 bits per heavy atom. The number of carbonyl (C=O) groups is 2. The molecule has 0 aromatic heterocycles. The topological polar surface area (TPSA) is 119 Å². The smallest absolute Gasteiger partial charge is 0.322 e. The average molecular weight is 317 g/mol. The van der Waals surface area contributed by atoms with Crippen molar-refractivity contribution in [2.45, 2.75) is 17.4 Å². The Morgan fingerprint density at radius 3 is 2.43 bits per heavy atom. The first-order valence-electron chi connectivity index (χ1n) is 5.76. The molecule has 1 aromatic carbocycles. The van der Waals surface area contributed by atoms with Crippen LogP contribution in [0.3, 0.4) is 0 Å². The number of nitrogens with one attached hydrogen (secondary N) is 1. The first-order valence-corrected chi connectivity index (χ1v) is 7.25. The van der Waals surface area contributed by atoms with Crippen molar-refractivity contribution in [3.8, 4) is 5.75 Å². The number of hydrogen-bond acceptors (Lipinski definition) is 6. The monoisotopic (exact) mass is 317 g/mol. The van der Waals surface area contributed by atoms with E-state index >= 15 is 0 Å². The zero-order chi connectivity index (χ0) is 16.0. The number of ether oxygens (including phenoxy) is 2. The van der Waals surface area contributed by atoms with Gasteiger partial charge in [0.2, 0.25) is 10.0 Å². The van der Waals surface area contributed by atoms with Crippen molar-refractivity contribution < 1.29 is 32.6 Å². The summed E-state index contributed by atoms with van der Waals surface area (Å²) in [5, 5.41) is 8.99. The zero-order valence-corrected chi connectivity index (χ0v) is 12.2. The molecule has 9 heteroatoms. The normalized spacial score (nSPS) is 12.5. The minimum absolute atomic E-state index is 0.0622. The molecule has 0 saturated heterocycles. The lowest BCUT2D eigenvalue weighted by Crippen LogP contribution is -2.42. The molecule has 0 spiro atoms. The molecule has 2 N–H and O–H groups in total. The van der Waals surface area contributed by atoms with Crippen molar-refractivity contribution in [1.82, 2.24) is 4.72 Å². The molecular weight excluding hydrogens is 302 g/mol. The molecule has 116 valence electrons. The second-order valence-electron chi connectivity index (χ2n) is 3.94. The number of benzene rings is 1. The number of hydrogen-bond donors (Lipinski definition) is 2. The number of carboxylic acid groups (broad SMARTS) is 1. The number of esters is 1. The van der Waals surface area contributed by atoms with E-state index in [4.69, 9.17) is 9.84 Å². The summed E-state index contributed by atoms with van der Waals surface area (Å²) in [6.45, 7) is 0. The largest absolute Gasteiger partial charge is 0.495 e. The predicted octanol–water partition coefficient (Wildman–Crippen LogP) is -0.0102. The Bertz CT molecular complexity index is 626. The van der Waals surface area contributed by atoms with Crippen LogP contribution in [-0.4, -0.2) is 45.7 Å². The SMILES string of the molecule is COC(=O)C[C@H](NS(=O)(=O)c1ccccc1OC)C(=O)O. The Balaban J connectivity index is 3.06. The second-order valence-corrected chi connectivity index (χ2v) is 5.63. The van der Waals surface area contributed by atoms with E-state index in [0.717, 1.165) is 7.11 Å². The van der Waals surface area contributed by atoms with Gasteiger partial charge in [-0.3, -0.25) is 9.59 Å². The minimum Gasteiger partial charge on any atom is -0.495 e. The molecule has 0 unspecified atom stereocenters. The fraction of sp³-hybridized carbons (Fsp3) is 0.333. The molecule has 0 heterocycles. The van der Waals surface area contributed by atoms with E-state index in [1.54, 1.807) is 6.07 Å². The van der Waals surface area contributed by atoms with E-state index in [1.165, 1.54) is 25.3 Å². The highest BCUT2D eigenvalue weighted by Crippen LogP contribution is 2.23. The number of carbonyl (C=O) groups excluding carboxylic acids is 1. The van der Waals surface area contributed by atoms with E-state index in [0.29, 0.717) is 0 Å². The molecule has 0 bridgehead atoms. The van der Waals surface area contributed by atoms with Crippen LogP contribution in [0.1, 0.15) is 6.42 Å². The Labute approximate surface area is 121 Å². The van der Waals surface area contributed by atoms with Gasteiger partial charge in [0.25, 0.3) is 0 Å². The van der Waals surface area contributed by atoms with Crippen LogP contribution >= 0.6 is 0 Å². The molecule has 21 heavy (non-hydrogen) atoms. The summed E-state index contributed by atoms with van der Waals surface area (Å²) < 4.78 is 35.6. The molecule has 0 amide bonds. The number of rotatable bonds is 7. The molecule has 0 fully saturated rings. The maximum absolute atomic E-state index is 12.2. The molecule has 0 radical (unpaired) electrons. The van der Waals surface area contributed by atoms with Crippen LogP contribution in [0.2, 0.25) is 0 Å². The van der Waals surface area contributed by atoms with Gasteiger partial charge >= 0.3 is 11.9 Å². The van der Waals surface area contributed by atoms with Crippen molar-refractivity contribution in [3.63, 3.8) is 0 Å². The second kappa shape index (κ2) is 7.04. The van der Waals surface area contributed by atoms with Gasteiger partial charge in [0.15, 0.2) is 0 Å². The summed E-state index contributed by atoms with van der Waals surface area (Å²) in [6, 6.07) is 4.09. The van der Waals surface area contributed by atoms with Gasteiger partial charge in [0.05, 0.1) is 20.6 Å². The van der Waals surface area contributed by atoms with E-state index in [1.807, 2.05) is 4.72 Å². The average Bonchev–Trinajstić information content (AvgIpc) is 2.45. The van der Waals surface area contributed by atoms with Crippen molar-refractivity contribution in [3.05, 3.63) is 24.3 Å². The predicted molar refractivity (Wildman–Crippen MR) is 71.4 cm³/mol. The van der Waals surface area contributed by atoms with Gasteiger partial charge in [-0.2, -0.15) is 4.72 Å². The number of aliphatic carboxylic acids is 1. The number of para-hydroxylation sites is 1. The molecule has 1 aromatic rings. The summed E-state index contributed by atoms with van der Waals surface area (Å²) in [7, 11) is -1.80. The van der Waals surface area contributed by atoms with Crippen molar-refractivity contribution >= 4 is 22.0 Å². The Hall–Kier alpha value is -2.13. The van der Waals surface area contributed by atoms with Crippen LogP contribution < -0.4 is 9.46 Å². The Kier molecular flexibility index (Phi) is 5.68. The number of sulfonamides is 1. The highest BCUT2D eigenvalue weighted by Gasteiger charge is 2.29. The Morgan fingerprint density at radius 1 is 1.29 bits per heavy atom. The summed E-state index contributed by atoms with van der Waals surface area (Å²) in [5.74, 6) is -2.27. The van der Waals surface area contributed by atoms with Crippen LogP contribution in [0.4, 0.5) is 0 Å². The van der Waals surface area contributed by atoms with Crippen LogP contribution in [0.25, 0.3) is 0 Å². The van der Waals surface area contributed by atoms with Gasteiger partial charge in [-0.25, -0.2) is 8.42 Å². The van der Waals surface area contributed by atoms with E-state index in [2.05, 4.69) is 4.74 Å². The van der Waals surface area contributed by atoms with Crippen LogP contribution in [0.5, 0.6) is 5.75 Å². The van der Waals surface area contributed by atoms with E-state index in [-0.39, 0.29) is 10.6 Å². The highest BCUT2D eigenvalue weighted by molar-refractivity contribution is 7.89. The van der Waals surface area contributed by atoms with Gasteiger partial charge in [-0.1, -0.05) is 12.1 Å². The highest BCUT2D eigenvalue weighted by atomic mass is 32.2.